The highest BCUT2D eigenvalue weighted by atomic mass is 16.4. The van der Waals surface area contributed by atoms with Gasteiger partial charge in [0.1, 0.15) is 6.54 Å². The fourth-order valence-corrected chi connectivity index (χ4v) is 2.59. The number of nitrogens with zero attached hydrogens (tertiary/aromatic N) is 3. The Hall–Kier alpha value is -1.30. The minimum Gasteiger partial charge on any atom is -0.480 e. The number of urea groups is 1. The summed E-state index contributed by atoms with van der Waals surface area (Å²) in [7, 11) is 2.06. The Morgan fingerprint density at radius 3 is 2.45 bits per heavy atom. The van der Waals surface area contributed by atoms with E-state index >= 15 is 0 Å². The van der Waals surface area contributed by atoms with Crippen molar-refractivity contribution in [1.82, 2.24) is 14.7 Å². The Morgan fingerprint density at radius 1 is 1.30 bits per heavy atom. The van der Waals surface area contributed by atoms with Crippen LogP contribution < -0.4 is 0 Å². The van der Waals surface area contributed by atoms with Crippen molar-refractivity contribution in [2.24, 2.45) is 5.92 Å². The lowest BCUT2D eigenvalue weighted by Crippen LogP contribution is -2.61. The lowest BCUT2D eigenvalue weighted by atomic mass is 10.00. The van der Waals surface area contributed by atoms with Crippen molar-refractivity contribution < 1.29 is 14.7 Å². The third-order valence-corrected chi connectivity index (χ3v) is 4.36. The lowest BCUT2D eigenvalue weighted by Gasteiger charge is -2.46. The molecule has 0 aromatic rings. The summed E-state index contributed by atoms with van der Waals surface area (Å²) in [6.07, 6.45) is 2.22. The van der Waals surface area contributed by atoms with Crippen LogP contribution in [-0.4, -0.2) is 77.1 Å². The molecule has 6 nitrogen and oxygen atoms in total. The second kappa shape index (κ2) is 5.60. The fraction of sp³-hybridized carbons (Fsp3) is 0.857. The van der Waals surface area contributed by atoms with Gasteiger partial charge in [-0.15, -0.1) is 0 Å². The molecule has 1 aliphatic heterocycles. The van der Waals surface area contributed by atoms with Gasteiger partial charge in [0.05, 0.1) is 0 Å². The maximum Gasteiger partial charge on any atom is 0.323 e. The second-order valence-electron chi connectivity index (χ2n) is 6.66. The summed E-state index contributed by atoms with van der Waals surface area (Å²) in [4.78, 5) is 29.1. The zero-order chi connectivity index (χ0) is 14.9. The maximum atomic E-state index is 12.6. The Labute approximate surface area is 120 Å². The van der Waals surface area contributed by atoms with Gasteiger partial charge in [-0.25, -0.2) is 4.79 Å². The number of carbonyl (C=O) groups is 2. The topological polar surface area (TPSA) is 64.1 Å². The van der Waals surface area contributed by atoms with Crippen LogP contribution in [0.15, 0.2) is 0 Å². The number of likely N-dealkylation sites (N-methyl/N-ethyl adjacent to an activating group) is 1. The summed E-state index contributed by atoms with van der Waals surface area (Å²) >= 11 is 0. The van der Waals surface area contributed by atoms with Gasteiger partial charge in [0.2, 0.25) is 0 Å². The monoisotopic (exact) mass is 283 g/mol. The van der Waals surface area contributed by atoms with Crippen molar-refractivity contribution in [3.63, 3.8) is 0 Å². The van der Waals surface area contributed by atoms with Gasteiger partial charge in [0.25, 0.3) is 0 Å². The number of hydrogen-bond donors (Lipinski definition) is 1. The molecule has 1 saturated carbocycles. The summed E-state index contributed by atoms with van der Waals surface area (Å²) < 4.78 is 0. The van der Waals surface area contributed by atoms with E-state index in [1.165, 1.54) is 4.90 Å². The average Bonchev–Trinajstić information content (AvgIpc) is 3.14. The molecule has 2 aliphatic rings. The van der Waals surface area contributed by atoms with Gasteiger partial charge in [-0.2, -0.15) is 0 Å². The van der Waals surface area contributed by atoms with Crippen molar-refractivity contribution in [3.8, 4) is 0 Å². The quantitative estimate of drug-likeness (QED) is 0.833. The highest BCUT2D eigenvalue weighted by Gasteiger charge is 2.36. The van der Waals surface area contributed by atoms with Gasteiger partial charge in [-0.1, -0.05) is 0 Å². The first-order valence-corrected chi connectivity index (χ1v) is 7.26. The van der Waals surface area contributed by atoms with Crippen LogP contribution in [0.2, 0.25) is 0 Å². The standard InChI is InChI=1S/C14H25N3O3/c1-14(2)10-16(7-6-15(14)3)13(20)17(9-12(18)19)8-11-4-5-11/h11H,4-10H2,1-3H3,(H,18,19). The van der Waals surface area contributed by atoms with E-state index in [9.17, 15) is 9.59 Å². The molecule has 0 spiro atoms. The van der Waals surface area contributed by atoms with Crippen molar-refractivity contribution in [1.29, 1.82) is 0 Å². The van der Waals surface area contributed by atoms with Crippen molar-refractivity contribution in [2.45, 2.75) is 32.2 Å². The molecular formula is C14H25N3O3. The Bertz CT molecular complexity index is 393. The van der Waals surface area contributed by atoms with Gasteiger partial charge in [-0.05, 0) is 39.7 Å². The molecule has 2 amide bonds. The zero-order valence-corrected chi connectivity index (χ0v) is 12.6. The van der Waals surface area contributed by atoms with E-state index in [0.29, 0.717) is 25.6 Å². The largest absolute Gasteiger partial charge is 0.480 e. The van der Waals surface area contributed by atoms with Crippen LogP contribution >= 0.6 is 0 Å². The van der Waals surface area contributed by atoms with Crippen molar-refractivity contribution in [3.05, 3.63) is 0 Å². The van der Waals surface area contributed by atoms with Gasteiger partial charge in [0, 0.05) is 31.7 Å². The SMILES string of the molecule is CN1CCN(C(=O)N(CC(=O)O)CC2CC2)CC1(C)C. The van der Waals surface area contributed by atoms with Crippen LogP contribution in [0.5, 0.6) is 0 Å². The summed E-state index contributed by atoms with van der Waals surface area (Å²) in [5, 5.41) is 8.99. The lowest BCUT2D eigenvalue weighted by molar-refractivity contribution is -0.137. The van der Waals surface area contributed by atoms with Gasteiger partial charge < -0.3 is 14.9 Å². The van der Waals surface area contributed by atoms with E-state index in [2.05, 4.69) is 25.8 Å². The minimum absolute atomic E-state index is 0.0671. The van der Waals surface area contributed by atoms with E-state index in [0.717, 1.165) is 19.4 Å². The van der Waals surface area contributed by atoms with Crippen molar-refractivity contribution >= 4 is 12.0 Å². The molecule has 0 atom stereocenters. The average molecular weight is 283 g/mol. The number of rotatable bonds is 4. The van der Waals surface area contributed by atoms with E-state index in [-0.39, 0.29) is 18.1 Å². The third-order valence-electron chi connectivity index (χ3n) is 4.36. The highest BCUT2D eigenvalue weighted by Crippen LogP contribution is 2.30. The van der Waals surface area contributed by atoms with Gasteiger partial charge >= 0.3 is 12.0 Å². The zero-order valence-electron chi connectivity index (χ0n) is 12.6. The number of aliphatic carboxylic acids is 1. The Kier molecular flexibility index (Phi) is 4.22. The number of amides is 2. The summed E-state index contributed by atoms with van der Waals surface area (Å²) in [6.45, 7) is 6.73. The molecule has 1 N–H and O–H groups in total. The molecule has 1 aliphatic carbocycles. The van der Waals surface area contributed by atoms with E-state index in [1.807, 2.05) is 0 Å². The second-order valence-corrected chi connectivity index (χ2v) is 6.66. The molecule has 6 heteroatoms. The number of carboxylic acids is 1. The predicted molar refractivity (Wildman–Crippen MR) is 75.6 cm³/mol. The molecule has 1 saturated heterocycles. The first-order chi connectivity index (χ1) is 9.29. The predicted octanol–water partition coefficient (Wildman–Crippen LogP) is 0.929. The van der Waals surface area contributed by atoms with Crippen molar-refractivity contribution in [2.75, 3.05) is 39.8 Å². The van der Waals surface area contributed by atoms with E-state index in [4.69, 9.17) is 5.11 Å². The summed E-state index contributed by atoms with van der Waals surface area (Å²) in [5.74, 6) is -0.439. The van der Waals surface area contributed by atoms with Crippen LogP contribution in [0.4, 0.5) is 4.79 Å². The van der Waals surface area contributed by atoms with Crippen LogP contribution in [0.1, 0.15) is 26.7 Å². The molecular weight excluding hydrogens is 258 g/mol. The molecule has 20 heavy (non-hydrogen) atoms. The first-order valence-electron chi connectivity index (χ1n) is 7.26. The van der Waals surface area contributed by atoms with Gasteiger partial charge in [0.15, 0.2) is 0 Å². The normalized spacial score (nSPS) is 22.6. The number of carbonyl (C=O) groups excluding carboxylic acids is 1. The third kappa shape index (κ3) is 3.62. The molecule has 2 rings (SSSR count). The van der Waals surface area contributed by atoms with Crippen LogP contribution in [-0.2, 0) is 4.79 Å². The maximum absolute atomic E-state index is 12.6. The number of piperazine rings is 1. The molecule has 0 radical (unpaired) electrons. The first kappa shape index (κ1) is 15.1. The molecule has 1 heterocycles. The summed E-state index contributed by atoms with van der Waals surface area (Å²) in [5.41, 5.74) is -0.0671. The van der Waals surface area contributed by atoms with E-state index < -0.39 is 5.97 Å². The smallest absolute Gasteiger partial charge is 0.323 e. The number of hydrogen-bond acceptors (Lipinski definition) is 3. The summed E-state index contributed by atoms with van der Waals surface area (Å²) in [6, 6.07) is -0.125. The Morgan fingerprint density at radius 2 is 1.95 bits per heavy atom. The molecule has 0 aromatic heterocycles. The highest BCUT2D eigenvalue weighted by molar-refractivity contribution is 5.80. The van der Waals surface area contributed by atoms with Gasteiger partial charge in [-0.3, -0.25) is 9.69 Å². The van der Waals surface area contributed by atoms with Crippen LogP contribution in [0.3, 0.4) is 0 Å². The number of carboxylic acid groups (broad SMARTS) is 1. The molecule has 114 valence electrons. The molecule has 0 unspecified atom stereocenters. The van der Waals surface area contributed by atoms with Crippen LogP contribution in [0.25, 0.3) is 0 Å². The molecule has 0 aromatic carbocycles. The minimum atomic E-state index is -0.938. The fourth-order valence-electron chi connectivity index (χ4n) is 2.59. The molecule has 0 bridgehead atoms. The van der Waals surface area contributed by atoms with E-state index in [1.54, 1.807) is 4.90 Å². The Balaban J connectivity index is 2.00. The molecule has 2 fully saturated rings. The van der Waals surface area contributed by atoms with Crippen LogP contribution in [0, 0.1) is 5.92 Å².